The Morgan fingerprint density at radius 3 is 2.90 bits per heavy atom. The zero-order valence-electron chi connectivity index (χ0n) is 11.8. The number of nitrogens with zero attached hydrogens (tertiary/aromatic N) is 5. The molecule has 21 heavy (non-hydrogen) atoms. The summed E-state index contributed by atoms with van der Waals surface area (Å²) >= 11 is 5.74. The molecular weight excluding hydrogens is 297 g/mol. The van der Waals surface area contributed by atoms with E-state index in [1.54, 1.807) is 6.92 Å². The molecule has 0 aliphatic carbocycles. The lowest BCUT2D eigenvalue weighted by Gasteiger charge is -2.38. The van der Waals surface area contributed by atoms with Crippen LogP contribution in [-0.4, -0.2) is 46.7 Å². The molecule has 0 unspecified atom stereocenters. The number of rotatable bonds is 2. The van der Waals surface area contributed by atoms with Crippen molar-refractivity contribution in [1.82, 2.24) is 20.0 Å². The number of anilines is 1. The van der Waals surface area contributed by atoms with Gasteiger partial charge in [-0.2, -0.15) is 4.98 Å². The highest BCUT2D eigenvalue weighted by molar-refractivity contribution is 6.30. The summed E-state index contributed by atoms with van der Waals surface area (Å²) in [6.07, 6.45) is 1.45. The average Bonchev–Trinajstić information content (AvgIpc) is 2.86. The van der Waals surface area contributed by atoms with Crippen LogP contribution in [0.2, 0.25) is 5.02 Å². The minimum Gasteiger partial charge on any atom is -0.351 e. The molecule has 0 spiro atoms. The Morgan fingerprint density at radius 2 is 2.24 bits per heavy atom. The van der Waals surface area contributed by atoms with Crippen molar-refractivity contribution in [2.45, 2.75) is 13.0 Å². The maximum atomic E-state index is 14.0. The molecule has 2 aromatic heterocycles. The number of aryl methyl sites for hydroxylation is 1. The summed E-state index contributed by atoms with van der Waals surface area (Å²) in [6.45, 7) is 3.72. The van der Waals surface area contributed by atoms with Gasteiger partial charge in [-0.25, -0.2) is 9.37 Å². The maximum Gasteiger partial charge on any atom is 0.245 e. The smallest absolute Gasteiger partial charge is 0.245 e. The third-order valence-corrected chi connectivity index (χ3v) is 3.77. The molecule has 3 rings (SSSR count). The molecule has 8 heteroatoms. The largest absolute Gasteiger partial charge is 0.351 e. The van der Waals surface area contributed by atoms with E-state index in [1.807, 2.05) is 11.9 Å². The Bertz CT molecular complexity index is 649. The normalized spacial score (nSPS) is 20.0. The van der Waals surface area contributed by atoms with Crippen LogP contribution >= 0.6 is 11.6 Å². The third kappa shape index (κ3) is 2.84. The fraction of sp³-hybridized carbons (Fsp3) is 0.462. The number of pyridine rings is 1. The molecule has 1 atom stereocenters. The van der Waals surface area contributed by atoms with Crippen molar-refractivity contribution < 1.29 is 8.91 Å². The molecule has 0 saturated carbocycles. The Kier molecular flexibility index (Phi) is 3.77. The summed E-state index contributed by atoms with van der Waals surface area (Å²) in [5, 5.41) is 4.10. The van der Waals surface area contributed by atoms with E-state index >= 15 is 0 Å². The van der Waals surface area contributed by atoms with Gasteiger partial charge in [0.2, 0.25) is 5.89 Å². The van der Waals surface area contributed by atoms with Crippen LogP contribution in [0.5, 0.6) is 0 Å². The number of aromatic nitrogens is 3. The molecule has 0 bridgehead atoms. The van der Waals surface area contributed by atoms with Gasteiger partial charge in [-0.1, -0.05) is 16.8 Å². The Hall–Kier alpha value is -1.73. The first-order chi connectivity index (χ1) is 10.0. The summed E-state index contributed by atoms with van der Waals surface area (Å²) in [4.78, 5) is 12.3. The number of piperazine rings is 1. The lowest BCUT2D eigenvalue weighted by molar-refractivity contribution is 0.177. The molecule has 0 aromatic carbocycles. The number of hydrogen-bond donors (Lipinski definition) is 0. The first kappa shape index (κ1) is 14.2. The monoisotopic (exact) mass is 311 g/mol. The van der Waals surface area contributed by atoms with Gasteiger partial charge in [0, 0.05) is 25.8 Å². The minimum absolute atomic E-state index is 0.0863. The molecule has 1 saturated heterocycles. The summed E-state index contributed by atoms with van der Waals surface area (Å²) in [5.74, 6) is 1.00. The number of hydrogen-bond acceptors (Lipinski definition) is 6. The quantitative estimate of drug-likeness (QED) is 0.846. The predicted octanol–water partition coefficient (Wildman–Crippen LogP) is 2.06. The van der Waals surface area contributed by atoms with Crippen molar-refractivity contribution in [3.63, 3.8) is 0 Å². The van der Waals surface area contributed by atoms with Gasteiger partial charge in [0.1, 0.15) is 6.04 Å². The van der Waals surface area contributed by atoms with Gasteiger partial charge in [-0.05, 0) is 20.0 Å². The van der Waals surface area contributed by atoms with E-state index in [0.717, 1.165) is 6.54 Å². The van der Waals surface area contributed by atoms with Crippen molar-refractivity contribution >= 4 is 17.4 Å². The van der Waals surface area contributed by atoms with Gasteiger partial charge in [0.25, 0.3) is 0 Å². The van der Waals surface area contributed by atoms with E-state index in [4.69, 9.17) is 16.1 Å². The predicted molar refractivity (Wildman–Crippen MR) is 75.8 cm³/mol. The first-order valence-corrected chi connectivity index (χ1v) is 6.99. The van der Waals surface area contributed by atoms with E-state index in [0.29, 0.717) is 30.6 Å². The summed E-state index contributed by atoms with van der Waals surface area (Å²) in [6, 6.07) is 1.19. The second kappa shape index (κ2) is 5.57. The van der Waals surface area contributed by atoms with Crippen molar-refractivity contribution in [2.75, 3.05) is 31.6 Å². The fourth-order valence-electron chi connectivity index (χ4n) is 2.42. The molecular formula is C13H15ClFN5O. The van der Waals surface area contributed by atoms with Gasteiger partial charge >= 0.3 is 0 Å². The highest BCUT2D eigenvalue weighted by Gasteiger charge is 2.31. The molecule has 1 aliphatic rings. The van der Waals surface area contributed by atoms with Gasteiger partial charge in [0.05, 0.1) is 5.02 Å². The molecule has 112 valence electrons. The third-order valence-electron chi connectivity index (χ3n) is 3.56. The topological polar surface area (TPSA) is 58.3 Å². The van der Waals surface area contributed by atoms with Crippen molar-refractivity contribution in [2.24, 2.45) is 0 Å². The van der Waals surface area contributed by atoms with E-state index in [9.17, 15) is 4.39 Å². The molecule has 3 heterocycles. The zero-order valence-corrected chi connectivity index (χ0v) is 12.5. The molecule has 2 aromatic rings. The first-order valence-electron chi connectivity index (χ1n) is 6.61. The van der Waals surface area contributed by atoms with Gasteiger partial charge < -0.3 is 9.42 Å². The van der Waals surface area contributed by atoms with Crippen LogP contribution in [0.1, 0.15) is 17.8 Å². The van der Waals surface area contributed by atoms with Crippen LogP contribution < -0.4 is 4.90 Å². The van der Waals surface area contributed by atoms with Crippen LogP contribution in [-0.2, 0) is 0 Å². The summed E-state index contributed by atoms with van der Waals surface area (Å²) in [5.41, 5.74) is 0. The van der Waals surface area contributed by atoms with Crippen LogP contribution in [0.4, 0.5) is 10.2 Å². The molecule has 1 aliphatic heterocycles. The molecule has 0 amide bonds. The Balaban J connectivity index is 1.85. The second-order valence-corrected chi connectivity index (χ2v) is 5.52. The van der Waals surface area contributed by atoms with Crippen LogP contribution in [0, 0.1) is 12.7 Å². The molecule has 0 radical (unpaired) electrons. The second-order valence-electron chi connectivity index (χ2n) is 5.08. The van der Waals surface area contributed by atoms with Crippen molar-refractivity contribution in [1.29, 1.82) is 0 Å². The van der Waals surface area contributed by atoms with Crippen molar-refractivity contribution in [3.05, 3.63) is 34.8 Å². The summed E-state index contributed by atoms with van der Waals surface area (Å²) < 4.78 is 19.3. The summed E-state index contributed by atoms with van der Waals surface area (Å²) in [7, 11) is 1.98. The van der Waals surface area contributed by atoms with Gasteiger partial charge in [0.15, 0.2) is 17.5 Å². The Morgan fingerprint density at radius 1 is 1.43 bits per heavy atom. The SMILES string of the molecule is Cc1noc([C@@H]2CN(c3ncc(Cl)cc3F)CCN2C)n1. The highest BCUT2D eigenvalue weighted by atomic mass is 35.5. The highest BCUT2D eigenvalue weighted by Crippen LogP contribution is 2.27. The molecule has 0 N–H and O–H groups in total. The van der Waals surface area contributed by atoms with Crippen molar-refractivity contribution in [3.8, 4) is 0 Å². The minimum atomic E-state index is -0.424. The van der Waals surface area contributed by atoms with E-state index in [-0.39, 0.29) is 11.1 Å². The van der Waals surface area contributed by atoms with Crippen LogP contribution in [0.15, 0.2) is 16.8 Å². The lowest BCUT2D eigenvalue weighted by Crippen LogP contribution is -2.47. The maximum absolute atomic E-state index is 14.0. The van der Waals surface area contributed by atoms with E-state index in [2.05, 4.69) is 20.0 Å². The van der Waals surface area contributed by atoms with E-state index < -0.39 is 5.82 Å². The molecule has 6 nitrogen and oxygen atoms in total. The van der Waals surface area contributed by atoms with Gasteiger partial charge in [-0.15, -0.1) is 0 Å². The lowest BCUT2D eigenvalue weighted by atomic mass is 10.1. The fourth-order valence-corrected chi connectivity index (χ4v) is 2.57. The number of halogens is 2. The standard InChI is InChI=1S/C13H15ClFN5O/c1-8-17-13(21-18-8)11-7-20(4-3-19(11)2)12-10(15)5-9(14)6-16-12/h5-6,11H,3-4,7H2,1-2H3/t11-/m0/s1. The van der Waals surface area contributed by atoms with Crippen LogP contribution in [0.3, 0.4) is 0 Å². The van der Waals surface area contributed by atoms with E-state index in [1.165, 1.54) is 12.3 Å². The molecule has 1 fully saturated rings. The zero-order chi connectivity index (χ0) is 15.0. The average molecular weight is 312 g/mol. The Labute approximate surface area is 126 Å². The number of likely N-dealkylation sites (N-methyl/N-ethyl adjacent to an activating group) is 1. The van der Waals surface area contributed by atoms with Gasteiger partial charge in [-0.3, -0.25) is 4.90 Å². The van der Waals surface area contributed by atoms with Crippen LogP contribution in [0.25, 0.3) is 0 Å².